The monoisotopic (exact) mass is 300 g/mol. The first-order valence-electron chi connectivity index (χ1n) is 8.03. The maximum absolute atomic E-state index is 4.91. The van der Waals surface area contributed by atoms with E-state index in [1.165, 1.54) is 46.0 Å². The molecule has 21 heavy (non-hydrogen) atoms. The van der Waals surface area contributed by atoms with Gasteiger partial charge in [0.05, 0.1) is 10.7 Å². The molecule has 2 aromatic rings. The first-order chi connectivity index (χ1) is 10.3. The molecular formula is C18H24N2S. The molecule has 1 heterocycles. The largest absolute Gasteiger partial charge is 0.309 e. The predicted octanol–water partition coefficient (Wildman–Crippen LogP) is 4.42. The Labute approximate surface area is 131 Å². The molecule has 1 aromatic heterocycles. The van der Waals surface area contributed by atoms with Gasteiger partial charge in [-0.25, -0.2) is 4.98 Å². The van der Waals surface area contributed by atoms with E-state index in [1.807, 2.05) is 11.3 Å². The van der Waals surface area contributed by atoms with Crippen LogP contribution in [0, 0.1) is 6.92 Å². The summed E-state index contributed by atoms with van der Waals surface area (Å²) in [7, 11) is 0. The van der Waals surface area contributed by atoms with Crippen LogP contribution in [0.3, 0.4) is 0 Å². The van der Waals surface area contributed by atoms with E-state index in [0.29, 0.717) is 6.04 Å². The van der Waals surface area contributed by atoms with Crippen LogP contribution >= 0.6 is 11.3 Å². The maximum atomic E-state index is 4.91. The van der Waals surface area contributed by atoms with Gasteiger partial charge in [0.25, 0.3) is 0 Å². The quantitative estimate of drug-likeness (QED) is 0.884. The van der Waals surface area contributed by atoms with E-state index < -0.39 is 0 Å². The SMILES string of the molecule is CCCNC1CCCc2nc(Cc3cccc(C)c3)sc21. The average molecular weight is 300 g/mol. The summed E-state index contributed by atoms with van der Waals surface area (Å²) in [5.74, 6) is 0. The minimum absolute atomic E-state index is 0.539. The summed E-state index contributed by atoms with van der Waals surface area (Å²) in [5, 5.41) is 4.96. The van der Waals surface area contributed by atoms with E-state index in [9.17, 15) is 0 Å². The normalized spacial score (nSPS) is 17.7. The molecule has 112 valence electrons. The van der Waals surface area contributed by atoms with Crippen LogP contribution in [0.25, 0.3) is 0 Å². The number of hydrogen-bond acceptors (Lipinski definition) is 3. The zero-order chi connectivity index (χ0) is 14.7. The maximum Gasteiger partial charge on any atom is 0.0975 e. The van der Waals surface area contributed by atoms with E-state index >= 15 is 0 Å². The summed E-state index contributed by atoms with van der Waals surface area (Å²) in [5.41, 5.74) is 4.05. The molecule has 0 saturated carbocycles. The summed E-state index contributed by atoms with van der Waals surface area (Å²) in [6.07, 6.45) is 5.85. The Kier molecular flexibility index (Phi) is 4.71. The lowest BCUT2D eigenvalue weighted by molar-refractivity contribution is 0.464. The average Bonchev–Trinajstić information content (AvgIpc) is 2.88. The van der Waals surface area contributed by atoms with Crippen LogP contribution < -0.4 is 5.32 Å². The van der Waals surface area contributed by atoms with Crippen LogP contribution in [-0.2, 0) is 12.8 Å². The Hall–Kier alpha value is -1.19. The van der Waals surface area contributed by atoms with Gasteiger partial charge in [-0.05, 0) is 44.7 Å². The highest BCUT2D eigenvalue weighted by molar-refractivity contribution is 7.11. The fourth-order valence-electron chi connectivity index (χ4n) is 3.06. The van der Waals surface area contributed by atoms with E-state index in [2.05, 4.69) is 43.4 Å². The Morgan fingerprint density at radius 3 is 3.10 bits per heavy atom. The zero-order valence-corrected chi connectivity index (χ0v) is 13.8. The molecule has 3 rings (SSSR count). The van der Waals surface area contributed by atoms with Gasteiger partial charge in [-0.1, -0.05) is 36.8 Å². The molecular weight excluding hydrogens is 276 g/mol. The van der Waals surface area contributed by atoms with Crippen molar-refractivity contribution in [2.45, 2.75) is 52.0 Å². The van der Waals surface area contributed by atoms with Gasteiger partial charge < -0.3 is 5.32 Å². The number of fused-ring (bicyclic) bond motifs is 1. The van der Waals surface area contributed by atoms with E-state index in [-0.39, 0.29) is 0 Å². The highest BCUT2D eigenvalue weighted by atomic mass is 32.1. The number of hydrogen-bond donors (Lipinski definition) is 1. The topological polar surface area (TPSA) is 24.9 Å². The smallest absolute Gasteiger partial charge is 0.0975 e. The Balaban J connectivity index is 1.78. The summed E-state index contributed by atoms with van der Waals surface area (Å²) < 4.78 is 0. The van der Waals surface area contributed by atoms with Crippen LogP contribution in [0.15, 0.2) is 24.3 Å². The van der Waals surface area contributed by atoms with Gasteiger partial charge in [-0.15, -0.1) is 11.3 Å². The van der Waals surface area contributed by atoms with Crippen molar-refractivity contribution in [1.29, 1.82) is 0 Å². The van der Waals surface area contributed by atoms with Crippen LogP contribution in [0.5, 0.6) is 0 Å². The van der Waals surface area contributed by atoms with Gasteiger partial charge in [0, 0.05) is 17.3 Å². The summed E-state index contributed by atoms with van der Waals surface area (Å²) in [6, 6.07) is 9.32. The highest BCUT2D eigenvalue weighted by Crippen LogP contribution is 2.34. The minimum Gasteiger partial charge on any atom is -0.309 e. The molecule has 1 aliphatic rings. The van der Waals surface area contributed by atoms with Crippen LogP contribution in [-0.4, -0.2) is 11.5 Å². The molecule has 0 amide bonds. The molecule has 1 aromatic carbocycles. The molecule has 0 spiro atoms. The van der Waals surface area contributed by atoms with Gasteiger partial charge in [0.15, 0.2) is 0 Å². The molecule has 1 N–H and O–H groups in total. The lowest BCUT2D eigenvalue weighted by Crippen LogP contribution is -2.24. The fourth-order valence-corrected chi connectivity index (χ4v) is 4.31. The molecule has 0 aliphatic heterocycles. The number of aromatic nitrogens is 1. The Bertz CT molecular complexity index is 603. The molecule has 1 unspecified atom stereocenters. The van der Waals surface area contributed by atoms with Crippen LogP contribution in [0.4, 0.5) is 0 Å². The third kappa shape index (κ3) is 3.53. The van der Waals surface area contributed by atoms with E-state index in [4.69, 9.17) is 4.98 Å². The lowest BCUT2D eigenvalue weighted by Gasteiger charge is -2.22. The van der Waals surface area contributed by atoms with Crippen LogP contribution in [0.2, 0.25) is 0 Å². The predicted molar refractivity (Wildman–Crippen MR) is 90.1 cm³/mol. The summed E-state index contributed by atoms with van der Waals surface area (Å²) >= 11 is 1.92. The van der Waals surface area contributed by atoms with Crippen molar-refractivity contribution in [3.63, 3.8) is 0 Å². The second kappa shape index (κ2) is 6.71. The fraction of sp³-hybridized carbons (Fsp3) is 0.500. The van der Waals surface area contributed by atoms with Crippen molar-refractivity contribution >= 4 is 11.3 Å². The van der Waals surface area contributed by atoms with Gasteiger partial charge in [0.2, 0.25) is 0 Å². The lowest BCUT2D eigenvalue weighted by atomic mass is 9.98. The highest BCUT2D eigenvalue weighted by Gasteiger charge is 2.23. The number of rotatable bonds is 5. The second-order valence-corrected chi connectivity index (χ2v) is 7.10. The van der Waals surface area contributed by atoms with Crippen molar-refractivity contribution in [2.24, 2.45) is 0 Å². The van der Waals surface area contributed by atoms with Gasteiger partial charge in [-0.2, -0.15) is 0 Å². The van der Waals surface area contributed by atoms with E-state index in [1.54, 1.807) is 0 Å². The minimum atomic E-state index is 0.539. The summed E-state index contributed by atoms with van der Waals surface area (Å²) in [4.78, 5) is 6.41. The molecule has 1 aliphatic carbocycles. The number of thiazole rings is 1. The van der Waals surface area contributed by atoms with Crippen molar-refractivity contribution in [2.75, 3.05) is 6.54 Å². The molecule has 3 heteroatoms. The zero-order valence-electron chi connectivity index (χ0n) is 13.0. The molecule has 0 bridgehead atoms. The Morgan fingerprint density at radius 1 is 1.38 bits per heavy atom. The number of benzene rings is 1. The van der Waals surface area contributed by atoms with Gasteiger partial charge in [-0.3, -0.25) is 0 Å². The Morgan fingerprint density at radius 2 is 2.29 bits per heavy atom. The van der Waals surface area contributed by atoms with Crippen molar-refractivity contribution in [3.8, 4) is 0 Å². The van der Waals surface area contributed by atoms with Crippen molar-refractivity contribution in [3.05, 3.63) is 51.0 Å². The number of nitrogens with zero attached hydrogens (tertiary/aromatic N) is 1. The third-order valence-electron chi connectivity index (χ3n) is 4.07. The molecule has 1 atom stereocenters. The standard InChI is InChI=1S/C18H24N2S/c1-3-10-19-15-8-5-9-16-18(15)21-17(20-16)12-14-7-4-6-13(2)11-14/h4,6-7,11,15,19H,3,5,8-10,12H2,1-2H3. The number of nitrogens with one attached hydrogen (secondary N) is 1. The van der Waals surface area contributed by atoms with Gasteiger partial charge in [0.1, 0.15) is 0 Å². The van der Waals surface area contributed by atoms with Gasteiger partial charge >= 0.3 is 0 Å². The molecule has 0 radical (unpaired) electrons. The molecule has 0 fully saturated rings. The third-order valence-corrected chi connectivity index (χ3v) is 5.28. The number of aryl methyl sites for hydroxylation is 2. The first kappa shape index (κ1) is 14.7. The first-order valence-corrected chi connectivity index (χ1v) is 8.85. The summed E-state index contributed by atoms with van der Waals surface area (Å²) in [6.45, 7) is 5.49. The van der Waals surface area contributed by atoms with Crippen molar-refractivity contribution < 1.29 is 0 Å². The van der Waals surface area contributed by atoms with E-state index in [0.717, 1.165) is 19.4 Å². The van der Waals surface area contributed by atoms with Crippen LogP contribution in [0.1, 0.15) is 58.9 Å². The van der Waals surface area contributed by atoms with Crippen molar-refractivity contribution in [1.82, 2.24) is 10.3 Å². The molecule has 0 saturated heterocycles. The molecule has 2 nitrogen and oxygen atoms in total. The second-order valence-electron chi connectivity index (χ2n) is 5.98.